The van der Waals surface area contributed by atoms with Crippen molar-refractivity contribution in [2.45, 2.75) is 32.9 Å². The van der Waals surface area contributed by atoms with E-state index in [-0.39, 0.29) is 5.91 Å². The molecule has 0 aliphatic heterocycles. The molecule has 0 aliphatic carbocycles. The zero-order chi connectivity index (χ0) is 30.2. The van der Waals surface area contributed by atoms with Crippen LogP contribution in [0.5, 0.6) is 0 Å². The summed E-state index contributed by atoms with van der Waals surface area (Å²) in [4.78, 5) is 24.8. The third kappa shape index (κ3) is 7.33. The maximum atomic E-state index is 13.3. The Hall–Kier alpha value is -5.72. The van der Waals surface area contributed by atoms with Crippen LogP contribution in [-0.4, -0.2) is 59.3 Å². The lowest BCUT2D eigenvalue weighted by Gasteiger charge is -2.17. The zero-order valence-electron chi connectivity index (χ0n) is 23.9. The van der Waals surface area contributed by atoms with E-state index in [1.54, 1.807) is 29.1 Å². The van der Waals surface area contributed by atoms with Crippen LogP contribution in [0.3, 0.4) is 0 Å². The molecule has 0 unspecified atom stereocenters. The van der Waals surface area contributed by atoms with Crippen LogP contribution >= 0.6 is 0 Å². The second-order valence-corrected chi connectivity index (χ2v) is 9.64. The van der Waals surface area contributed by atoms with Gasteiger partial charge in [-0.1, -0.05) is 23.8 Å². The molecule has 2 N–H and O–H groups in total. The number of ether oxygens (including phenoxy) is 1. The molecule has 0 fully saturated rings. The number of hydrogen-bond donors (Lipinski definition) is 2. The van der Waals surface area contributed by atoms with E-state index >= 15 is 0 Å². The largest absolute Gasteiger partial charge is 0.453 e. The van der Waals surface area contributed by atoms with Gasteiger partial charge in [-0.05, 0) is 72.3 Å². The highest BCUT2D eigenvalue weighted by Gasteiger charge is 2.19. The number of anilines is 1. The van der Waals surface area contributed by atoms with Crippen LogP contribution in [0, 0.1) is 6.92 Å². The molecule has 0 spiro atoms. The predicted octanol–water partition coefficient (Wildman–Crippen LogP) is 3.94. The zero-order valence-corrected chi connectivity index (χ0v) is 23.9. The van der Waals surface area contributed by atoms with E-state index in [1.165, 1.54) is 19.5 Å². The van der Waals surface area contributed by atoms with Gasteiger partial charge >= 0.3 is 6.09 Å². The number of hydrogen-bond acceptors (Lipinski definition) is 9. The molecule has 0 saturated carbocycles. The molecular formula is C30H30N10O3. The molecule has 5 rings (SSSR count). The second kappa shape index (κ2) is 13.3. The van der Waals surface area contributed by atoms with Crippen molar-refractivity contribution >= 4 is 23.8 Å². The summed E-state index contributed by atoms with van der Waals surface area (Å²) >= 11 is 0. The minimum absolute atomic E-state index is 0.311. The number of benzene rings is 2. The first-order valence-corrected chi connectivity index (χ1v) is 13.5. The average Bonchev–Trinajstić information content (AvgIpc) is 3.73. The quantitative estimate of drug-likeness (QED) is 0.235. The van der Waals surface area contributed by atoms with E-state index in [1.807, 2.05) is 67.2 Å². The first-order chi connectivity index (χ1) is 20.9. The van der Waals surface area contributed by atoms with Gasteiger partial charge < -0.3 is 10.1 Å². The summed E-state index contributed by atoms with van der Waals surface area (Å²) in [5.41, 5.74) is 6.20. The molecule has 2 amide bonds. The lowest BCUT2D eigenvalue weighted by molar-refractivity contribution is -0.117. The van der Waals surface area contributed by atoms with Crippen molar-refractivity contribution < 1.29 is 14.3 Å². The summed E-state index contributed by atoms with van der Waals surface area (Å²) in [6, 6.07) is 16.4. The normalized spacial score (nSPS) is 11.8. The maximum Gasteiger partial charge on any atom is 0.411 e. The smallest absolute Gasteiger partial charge is 0.411 e. The number of carbonyl (C=O) groups is 2. The third-order valence-corrected chi connectivity index (χ3v) is 6.62. The second-order valence-electron chi connectivity index (χ2n) is 9.64. The number of aryl methyl sites for hydroxylation is 2. The van der Waals surface area contributed by atoms with E-state index in [0.717, 1.165) is 40.2 Å². The van der Waals surface area contributed by atoms with Crippen molar-refractivity contribution in [1.29, 1.82) is 0 Å². The minimum atomic E-state index is -0.548. The minimum Gasteiger partial charge on any atom is -0.453 e. The number of rotatable bonds is 10. The summed E-state index contributed by atoms with van der Waals surface area (Å²) in [7, 11) is 1.31. The van der Waals surface area contributed by atoms with Gasteiger partial charge in [0.1, 0.15) is 6.33 Å². The Labute approximate surface area is 247 Å². The van der Waals surface area contributed by atoms with Gasteiger partial charge in [0.05, 0.1) is 36.4 Å². The number of carbonyl (C=O) groups excluding carboxylic acids is 2. The Morgan fingerprint density at radius 2 is 1.88 bits per heavy atom. The van der Waals surface area contributed by atoms with Crippen LogP contribution in [0.2, 0.25) is 0 Å². The fourth-order valence-corrected chi connectivity index (χ4v) is 4.43. The molecule has 13 nitrogen and oxygen atoms in total. The summed E-state index contributed by atoms with van der Waals surface area (Å²) in [5, 5.41) is 30.3. The molecule has 2 aromatic carbocycles. The first-order valence-electron chi connectivity index (χ1n) is 13.5. The highest BCUT2D eigenvalue weighted by Crippen LogP contribution is 2.25. The lowest BCUT2D eigenvalue weighted by atomic mass is 10.0. The van der Waals surface area contributed by atoms with Crippen molar-refractivity contribution in [1.82, 2.24) is 45.5 Å². The fraction of sp³-hybridized carbons (Fsp3) is 0.200. The molecule has 43 heavy (non-hydrogen) atoms. The van der Waals surface area contributed by atoms with Crippen molar-refractivity contribution in [2.24, 2.45) is 0 Å². The summed E-state index contributed by atoms with van der Waals surface area (Å²) in [6.07, 6.45) is 8.12. The van der Waals surface area contributed by atoms with E-state index in [2.05, 4.69) is 46.2 Å². The molecule has 3 aromatic heterocycles. The lowest BCUT2D eigenvalue weighted by Crippen LogP contribution is -2.29. The maximum absolute atomic E-state index is 13.3. The highest BCUT2D eigenvalue weighted by atomic mass is 16.5. The van der Waals surface area contributed by atoms with Gasteiger partial charge in [-0.3, -0.25) is 14.8 Å². The van der Waals surface area contributed by atoms with E-state index < -0.39 is 12.1 Å². The molecule has 218 valence electrons. The van der Waals surface area contributed by atoms with Gasteiger partial charge in [-0.2, -0.15) is 20.0 Å². The monoisotopic (exact) mass is 578 g/mol. The molecule has 0 aliphatic rings. The summed E-state index contributed by atoms with van der Waals surface area (Å²) < 4.78 is 8.02. The highest BCUT2D eigenvalue weighted by molar-refractivity contribution is 5.92. The number of tetrazole rings is 1. The van der Waals surface area contributed by atoms with Crippen molar-refractivity contribution in [2.75, 3.05) is 12.4 Å². The number of amides is 2. The van der Waals surface area contributed by atoms with Crippen LogP contribution in [0.15, 0.2) is 79.4 Å². The van der Waals surface area contributed by atoms with Crippen molar-refractivity contribution in [3.8, 4) is 16.8 Å². The number of aromatic nitrogens is 8. The van der Waals surface area contributed by atoms with Crippen LogP contribution in [0.4, 0.5) is 10.5 Å². The SMILES string of the molecule is CCn1ccc(C[C@H](NC(=O)/C=C/c2cc(C)ccc2-n2cnnn2)c2cc(-c3ccc(NC(=O)OC)cc3)cnn2)n1. The van der Waals surface area contributed by atoms with Crippen LogP contribution in [0.1, 0.15) is 35.5 Å². The fourth-order valence-electron chi connectivity index (χ4n) is 4.43. The standard InChI is InChI=1S/C30H30N10O3/c1-4-39-14-13-25(36-39)17-26(27-16-23(18-31-35-27)21-6-9-24(10-7-21)33-30(42)43-3)34-29(41)12-8-22-15-20(2)5-11-28(22)40-19-32-37-38-40/h5-16,18-19,26H,4,17H2,1-3H3,(H,33,42)(H,34,41)/b12-8+/t26-/m0/s1. The number of methoxy groups -OCH3 is 1. The average molecular weight is 579 g/mol. The summed E-state index contributed by atoms with van der Waals surface area (Å²) in [5.74, 6) is -0.311. The summed E-state index contributed by atoms with van der Waals surface area (Å²) in [6.45, 7) is 4.72. The molecule has 1 atom stereocenters. The predicted molar refractivity (Wildman–Crippen MR) is 159 cm³/mol. The van der Waals surface area contributed by atoms with Crippen molar-refractivity contribution in [3.05, 3.63) is 102 Å². The Kier molecular flexibility index (Phi) is 8.90. The van der Waals surface area contributed by atoms with Crippen molar-refractivity contribution in [3.63, 3.8) is 0 Å². The Morgan fingerprint density at radius 3 is 2.60 bits per heavy atom. The molecule has 0 bridgehead atoms. The van der Waals surface area contributed by atoms with E-state index in [9.17, 15) is 9.59 Å². The topological polar surface area (TPSA) is 155 Å². The van der Waals surface area contributed by atoms with Gasteiger partial charge in [-0.15, -0.1) is 5.10 Å². The van der Waals surface area contributed by atoms with Gasteiger partial charge in [0.15, 0.2) is 0 Å². The van der Waals surface area contributed by atoms with Gasteiger partial charge in [0, 0.05) is 42.1 Å². The Bertz CT molecular complexity index is 1730. The van der Waals surface area contributed by atoms with E-state index in [4.69, 9.17) is 0 Å². The number of nitrogens with one attached hydrogen (secondary N) is 2. The van der Waals surface area contributed by atoms with Gasteiger partial charge in [0.25, 0.3) is 0 Å². The first kappa shape index (κ1) is 28.8. The Morgan fingerprint density at radius 1 is 1.05 bits per heavy atom. The Balaban J connectivity index is 1.40. The van der Waals surface area contributed by atoms with Crippen LogP contribution in [-0.2, 0) is 22.5 Å². The molecule has 3 heterocycles. The third-order valence-electron chi connectivity index (χ3n) is 6.62. The molecule has 0 radical (unpaired) electrons. The number of nitrogens with zero attached hydrogens (tertiary/aromatic N) is 8. The van der Waals surface area contributed by atoms with E-state index in [0.29, 0.717) is 17.8 Å². The molecule has 13 heteroatoms. The van der Waals surface area contributed by atoms with Gasteiger partial charge in [-0.25, -0.2) is 4.79 Å². The molecule has 0 saturated heterocycles. The molecule has 5 aromatic rings. The van der Waals surface area contributed by atoms with Crippen LogP contribution in [0.25, 0.3) is 22.9 Å². The van der Waals surface area contributed by atoms with Gasteiger partial charge in [0.2, 0.25) is 5.91 Å². The molecular weight excluding hydrogens is 548 g/mol. The van der Waals surface area contributed by atoms with Crippen LogP contribution < -0.4 is 10.6 Å².